The number of rotatable bonds is 7. The molecular formula is C28H21ClF6N4O3. The first-order valence-corrected chi connectivity index (χ1v) is 12.8. The number of hydrogen-bond donors (Lipinski definition) is 2. The Bertz CT molecular complexity index is 1700. The van der Waals surface area contributed by atoms with Crippen molar-refractivity contribution in [2.45, 2.75) is 38.8 Å². The zero-order valence-corrected chi connectivity index (χ0v) is 22.4. The molecule has 220 valence electrons. The number of ether oxygens (including phenoxy) is 1. The second kappa shape index (κ2) is 10.5. The SMILES string of the molecule is Cc1cc(-n2ncc3c(NC(=O)c4cc(CNC(=O)C5(C(F)(F)F)CC5)ccc4Cl)cccc32)ccc1OC(F)(F)F. The number of aromatic nitrogens is 2. The molecule has 3 aromatic carbocycles. The lowest BCUT2D eigenvalue weighted by atomic mass is 10.1. The number of aryl methyl sites for hydroxylation is 1. The number of fused-ring (bicyclic) bond motifs is 1. The van der Waals surface area contributed by atoms with Gasteiger partial charge in [-0.1, -0.05) is 23.7 Å². The normalized spacial score (nSPS) is 14.5. The zero-order chi connectivity index (χ0) is 30.4. The van der Waals surface area contributed by atoms with Gasteiger partial charge in [0.2, 0.25) is 5.91 Å². The minimum atomic E-state index is -4.83. The molecule has 1 aromatic heterocycles. The number of alkyl halides is 6. The van der Waals surface area contributed by atoms with Crippen molar-refractivity contribution in [1.82, 2.24) is 15.1 Å². The molecule has 0 atom stereocenters. The third kappa shape index (κ3) is 5.73. The van der Waals surface area contributed by atoms with Crippen LogP contribution in [0.3, 0.4) is 0 Å². The Morgan fingerprint density at radius 1 is 1.05 bits per heavy atom. The highest BCUT2D eigenvalue weighted by molar-refractivity contribution is 6.34. The van der Waals surface area contributed by atoms with Crippen molar-refractivity contribution in [3.8, 4) is 11.4 Å². The van der Waals surface area contributed by atoms with Gasteiger partial charge in [-0.2, -0.15) is 18.3 Å². The van der Waals surface area contributed by atoms with E-state index in [4.69, 9.17) is 11.6 Å². The Balaban J connectivity index is 1.34. The Hall–Kier alpha value is -4.26. The van der Waals surface area contributed by atoms with Crippen LogP contribution in [0, 0.1) is 12.3 Å². The molecule has 0 spiro atoms. The van der Waals surface area contributed by atoms with E-state index in [1.54, 1.807) is 18.2 Å². The van der Waals surface area contributed by atoms with E-state index < -0.39 is 29.8 Å². The van der Waals surface area contributed by atoms with E-state index in [-0.39, 0.29) is 41.3 Å². The molecule has 5 rings (SSSR count). The van der Waals surface area contributed by atoms with Crippen molar-refractivity contribution in [1.29, 1.82) is 0 Å². The molecule has 1 heterocycles. The van der Waals surface area contributed by atoms with Crippen LogP contribution in [0.4, 0.5) is 32.0 Å². The van der Waals surface area contributed by atoms with Gasteiger partial charge < -0.3 is 15.4 Å². The van der Waals surface area contributed by atoms with Gasteiger partial charge in [-0.05, 0) is 73.4 Å². The van der Waals surface area contributed by atoms with Crippen LogP contribution >= 0.6 is 11.6 Å². The average Bonchev–Trinajstić information content (AvgIpc) is 3.63. The topological polar surface area (TPSA) is 85.3 Å². The van der Waals surface area contributed by atoms with E-state index in [9.17, 15) is 35.9 Å². The number of amides is 2. The summed E-state index contributed by atoms with van der Waals surface area (Å²) in [5.74, 6) is -2.08. The molecular weight excluding hydrogens is 590 g/mol. The highest BCUT2D eigenvalue weighted by Crippen LogP contribution is 2.57. The van der Waals surface area contributed by atoms with E-state index in [1.165, 1.54) is 54.2 Å². The summed E-state index contributed by atoms with van der Waals surface area (Å²) in [6.45, 7) is 1.23. The van der Waals surface area contributed by atoms with E-state index >= 15 is 0 Å². The van der Waals surface area contributed by atoms with Gasteiger partial charge in [0.05, 0.1) is 33.7 Å². The molecule has 42 heavy (non-hydrogen) atoms. The fourth-order valence-electron chi connectivity index (χ4n) is 4.53. The molecule has 0 radical (unpaired) electrons. The van der Waals surface area contributed by atoms with Crippen LogP contribution in [0.25, 0.3) is 16.6 Å². The molecule has 14 heteroatoms. The fraction of sp³-hybridized carbons (Fsp3) is 0.250. The zero-order valence-electron chi connectivity index (χ0n) is 21.7. The quantitative estimate of drug-likeness (QED) is 0.219. The number of benzene rings is 3. The van der Waals surface area contributed by atoms with Crippen molar-refractivity contribution in [2.24, 2.45) is 5.41 Å². The number of carbonyl (C=O) groups is 2. The second-order valence-corrected chi connectivity index (χ2v) is 10.2. The maximum atomic E-state index is 13.2. The third-order valence-electron chi connectivity index (χ3n) is 6.95. The predicted octanol–water partition coefficient (Wildman–Crippen LogP) is 7.10. The molecule has 2 amide bonds. The summed E-state index contributed by atoms with van der Waals surface area (Å²) in [5.41, 5.74) is -0.381. The fourth-order valence-corrected chi connectivity index (χ4v) is 4.74. The first-order chi connectivity index (χ1) is 19.7. The summed E-state index contributed by atoms with van der Waals surface area (Å²) in [6.07, 6.45) is -8.53. The largest absolute Gasteiger partial charge is 0.573 e. The van der Waals surface area contributed by atoms with Gasteiger partial charge in [0, 0.05) is 11.9 Å². The lowest BCUT2D eigenvalue weighted by Gasteiger charge is -2.18. The van der Waals surface area contributed by atoms with Crippen LogP contribution in [0.1, 0.15) is 34.3 Å². The summed E-state index contributed by atoms with van der Waals surface area (Å²) in [4.78, 5) is 25.4. The summed E-state index contributed by atoms with van der Waals surface area (Å²) in [6, 6.07) is 13.3. The molecule has 0 aliphatic heterocycles. The summed E-state index contributed by atoms with van der Waals surface area (Å²) in [7, 11) is 0. The Kier molecular flexibility index (Phi) is 7.34. The number of anilines is 1. The van der Waals surface area contributed by atoms with Gasteiger partial charge in [0.25, 0.3) is 5.91 Å². The van der Waals surface area contributed by atoms with Crippen molar-refractivity contribution in [2.75, 3.05) is 5.32 Å². The van der Waals surface area contributed by atoms with E-state index in [0.717, 1.165) is 0 Å². The first-order valence-electron chi connectivity index (χ1n) is 12.5. The Labute approximate surface area is 239 Å². The number of nitrogens with one attached hydrogen (secondary N) is 2. The van der Waals surface area contributed by atoms with Crippen molar-refractivity contribution in [3.05, 3.63) is 82.5 Å². The van der Waals surface area contributed by atoms with Gasteiger partial charge >= 0.3 is 12.5 Å². The minimum Gasteiger partial charge on any atom is -0.406 e. The molecule has 7 nitrogen and oxygen atoms in total. The standard InChI is InChI=1S/C28H21ClF6N4O3/c1-15-11-17(6-8-23(15)42-28(33,34)35)39-22-4-2-3-21(19(22)14-37-39)38-24(40)18-12-16(5-7-20(18)29)13-36-25(41)26(9-10-26)27(30,31)32/h2-8,11-12,14H,9-10,13H2,1H3,(H,36,41)(H,38,40). The Morgan fingerprint density at radius 2 is 1.79 bits per heavy atom. The summed E-state index contributed by atoms with van der Waals surface area (Å²) < 4.78 is 83.1. The highest BCUT2D eigenvalue weighted by Gasteiger charge is 2.68. The Morgan fingerprint density at radius 3 is 2.43 bits per heavy atom. The van der Waals surface area contributed by atoms with Crippen LogP contribution in [-0.2, 0) is 11.3 Å². The number of halogens is 7. The van der Waals surface area contributed by atoms with Gasteiger partial charge in [-0.25, -0.2) is 4.68 Å². The molecule has 4 aromatic rings. The van der Waals surface area contributed by atoms with E-state index in [2.05, 4.69) is 20.5 Å². The third-order valence-corrected chi connectivity index (χ3v) is 7.28. The van der Waals surface area contributed by atoms with Crippen LogP contribution in [0.15, 0.2) is 60.8 Å². The van der Waals surface area contributed by atoms with Gasteiger partial charge in [0.15, 0.2) is 0 Å². The van der Waals surface area contributed by atoms with E-state index in [0.29, 0.717) is 27.8 Å². The van der Waals surface area contributed by atoms with Gasteiger partial charge in [-0.15, -0.1) is 13.2 Å². The molecule has 2 N–H and O–H groups in total. The number of nitrogens with zero attached hydrogens (tertiary/aromatic N) is 2. The maximum absolute atomic E-state index is 13.2. The molecule has 1 saturated carbocycles. The first kappa shape index (κ1) is 29.2. The molecule has 1 fully saturated rings. The molecule has 0 unspecified atom stereocenters. The highest BCUT2D eigenvalue weighted by atomic mass is 35.5. The summed E-state index contributed by atoms with van der Waals surface area (Å²) in [5, 5.41) is 9.95. The van der Waals surface area contributed by atoms with Crippen LogP contribution in [0.5, 0.6) is 5.75 Å². The molecule has 1 aliphatic rings. The van der Waals surface area contributed by atoms with Gasteiger partial charge in [0.1, 0.15) is 11.2 Å². The predicted molar refractivity (Wildman–Crippen MR) is 141 cm³/mol. The van der Waals surface area contributed by atoms with Crippen molar-refractivity contribution < 1.29 is 40.7 Å². The van der Waals surface area contributed by atoms with E-state index in [1.807, 2.05) is 0 Å². The number of hydrogen-bond acceptors (Lipinski definition) is 4. The van der Waals surface area contributed by atoms with Crippen LogP contribution in [-0.4, -0.2) is 34.1 Å². The molecule has 0 bridgehead atoms. The monoisotopic (exact) mass is 610 g/mol. The van der Waals surface area contributed by atoms with Crippen LogP contribution in [0.2, 0.25) is 5.02 Å². The molecule has 0 saturated heterocycles. The number of carbonyl (C=O) groups excluding carboxylic acids is 2. The second-order valence-electron chi connectivity index (χ2n) is 9.82. The van der Waals surface area contributed by atoms with Crippen molar-refractivity contribution in [3.63, 3.8) is 0 Å². The summed E-state index contributed by atoms with van der Waals surface area (Å²) >= 11 is 6.24. The smallest absolute Gasteiger partial charge is 0.406 e. The lowest BCUT2D eigenvalue weighted by molar-refractivity contribution is -0.274. The average molecular weight is 611 g/mol. The van der Waals surface area contributed by atoms with Crippen molar-refractivity contribution >= 4 is 40.0 Å². The molecule has 1 aliphatic carbocycles. The van der Waals surface area contributed by atoms with Gasteiger partial charge in [-0.3, -0.25) is 9.59 Å². The minimum absolute atomic E-state index is 0.0284. The van der Waals surface area contributed by atoms with Crippen LogP contribution < -0.4 is 15.4 Å². The lowest BCUT2D eigenvalue weighted by Crippen LogP contribution is -2.40. The maximum Gasteiger partial charge on any atom is 0.573 e.